The van der Waals surface area contributed by atoms with Crippen molar-refractivity contribution < 1.29 is 13.2 Å². The molecular formula is C16H26ClN3O3S. The van der Waals surface area contributed by atoms with E-state index < -0.39 is 10.0 Å². The second-order valence-corrected chi connectivity index (χ2v) is 7.72. The Kier molecular flexibility index (Phi) is 8.69. The number of hydrogen-bond donors (Lipinski definition) is 3. The van der Waals surface area contributed by atoms with Gasteiger partial charge in [0.1, 0.15) is 0 Å². The van der Waals surface area contributed by atoms with E-state index in [-0.39, 0.29) is 36.3 Å². The van der Waals surface area contributed by atoms with Gasteiger partial charge in [0.2, 0.25) is 15.9 Å². The summed E-state index contributed by atoms with van der Waals surface area (Å²) in [5.41, 5.74) is 5.81. The lowest BCUT2D eigenvalue weighted by atomic mass is 10.0. The fourth-order valence-electron chi connectivity index (χ4n) is 2.88. The van der Waals surface area contributed by atoms with Gasteiger partial charge in [-0.05, 0) is 30.5 Å². The van der Waals surface area contributed by atoms with Crippen LogP contribution >= 0.6 is 12.4 Å². The molecule has 1 aromatic carbocycles. The number of nitrogens with two attached hydrogens (primary N) is 1. The normalized spacial score (nSPS) is 15.0. The molecule has 0 spiro atoms. The SMILES string of the molecule is Cl.NCCNS(=O)(=O)c1cccc(NC(=O)CCC2CCCC2)c1. The first-order chi connectivity index (χ1) is 11.0. The van der Waals surface area contributed by atoms with Gasteiger partial charge in [-0.1, -0.05) is 31.7 Å². The summed E-state index contributed by atoms with van der Waals surface area (Å²) in [4.78, 5) is 12.1. The first kappa shape index (κ1) is 20.9. The molecule has 0 atom stereocenters. The average molecular weight is 376 g/mol. The molecule has 0 aliphatic heterocycles. The number of hydrogen-bond acceptors (Lipinski definition) is 4. The van der Waals surface area contributed by atoms with Crippen LogP contribution in [0.2, 0.25) is 0 Å². The largest absolute Gasteiger partial charge is 0.329 e. The van der Waals surface area contributed by atoms with Gasteiger partial charge in [0.15, 0.2) is 0 Å². The number of amides is 1. The number of anilines is 1. The third kappa shape index (κ3) is 6.39. The summed E-state index contributed by atoms with van der Waals surface area (Å²) < 4.78 is 26.5. The Bertz CT molecular complexity index is 631. The van der Waals surface area contributed by atoms with E-state index in [1.54, 1.807) is 12.1 Å². The van der Waals surface area contributed by atoms with Gasteiger partial charge in [-0.15, -0.1) is 12.4 Å². The van der Waals surface area contributed by atoms with E-state index in [2.05, 4.69) is 10.0 Å². The van der Waals surface area contributed by atoms with Gasteiger partial charge in [-0.3, -0.25) is 4.79 Å². The molecular weight excluding hydrogens is 350 g/mol. The van der Waals surface area contributed by atoms with Crippen molar-refractivity contribution in [3.05, 3.63) is 24.3 Å². The zero-order valence-corrected chi connectivity index (χ0v) is 15.3. The Balaban J connectivity index is 0.00000288. The summed E-state index contributed by atoms with van der Waals surface area (Å²) in [5.74, 6) is 0.592. The van der Waals surface area contributed by atoms with E-state index in [1.165, 1.54) is 37.8 Å². The first-order valence-corrected chi connectivity index (χ1v) is 9.59. The van der Waals surface area contributed by atoms with E-state index in [0.717, 1.165) is 6.42 Å². The highest BCUT2D eigenvalue weighted by molar-refractivity contribution is 7.89. The Hall–Kier alpha value is -1.15. The lowest BCUT2D eigenvalue weighted by Crippen LogP contribution is -2.29. The lowest BCUT2D eigenvalue weighted by Gasteiger charge is -2.10. The molecule has 0 saturated heterocycles. The predicted octanol–water partition coefficient (Wildman–Crippen LogP) is 2.25. The molecule has 1 amide bonds. The highest BCUT2D eigenvalue weighted by Crippen LogP contribution is 2.28. The Morgan fingerprint density at radius 1 is 1.25 bits per heavy atom. The molecule has 24 heavy (non-hydrogen) atoms. The fraction of sp³-hybridized carbons (Fsp3) is 0.562. The number of sulfonamides is 1. The number of nitrogens with one attached hydrogen (secondary N) is 2. The van der Waals surface area contributed by atoms with Crippen molar-refractivity contribution in [1.29, 1.82) is 0 Å². The van der Waals surface area contributed by atoms with Gasteiger partial charge in [0, 0.05) is 25.2 Å². The quantitative estimate of drug-likeness (QED) is 0.648. The average Bonchev–Trinajstić information content (AvgIpc) is 3.05. The molecule has 8 heteroatoms. The molecule has 6 nitrogen and oxygen atoms in total. The van der Waals surface area contributed by atoms with Crippen LogP contribution in [0.25, 0.3) is 0 Å². The summed E-state index contributed by atoms with van der Waals surface area (Å²) in [6, 6.07) is 6.26. The van der Waals surface area contributed by atoms with Crippen LogP contribution in [0.4, 0.5) is 5.69 Å². The second-order valence-electron chi connectivity index (χ2n) is 5.95. The highest BCUT2D eigenvalue weighted by atomic mass is 35.5. The monoisotopic (exact) mass is 375 g/mol. The first-order valence-electron chi connectivity index (χ1n) is 8.11. The summed E-state index contributed by atoms with van der Waals surface area (Å²) in [6.07, 6.45) is 6.35. The van der Waals surface area contributed by atoms with Gasteiger partial charge < -0.3 is 11.1 Å². The second kappa shape index (κ2) is 9.98. The van der Waals surface area contributed by atoms with Crippen LogP contribution in [-0.4, -0.2) is 27.4 Å². The van der Waals surface area contributed by atoms with Crippen LogP contribution in [0.15, 0.2) is 29.2 Å². The molecule has 2 rings (SSSR count). The van der Waals surface area contributed by atoms with E-state index in [0.29, 0.717) is 18.0 Å². The van der Waals surface area contributed by atoms with Gasteiger partial charge in [0.05, 0.1) is 4.90 Å². The Labute approximate surface area is 150 Å². The molecule has 0 aromatic heterocycles. The highest BCUT2D eigenvalue weighted by Gasteiger charge is 2.17. The topological polar surface area (TPSA) is 101 Å². The van der Waals surface area contributed by atoms with Crippen molar-refractivity contribution in [1.82, 2.24) is 4.72 Å². The van der Waals surface area contributed by atoms with Crippen LogP contribution in [0.5, 0.6) is 0 Å². The minimum Gasteiger partial charge on any atom is -0.329 e. The molecule has 1 aromatic rings. The minimum absolute atomic E-state index is 0. The Morgan fingerprint density at radius 2 is 1.96 bits per heavy atom. The summed E-state index contributed by atoms with van der Waals surface area (Å²) in [5, 5.41) is 2.78. The van der Waals surface area contributed by atoms with E-state index in [1.807, 2.05) is 0 Å². The molecule has 0 unspecified atom stereocenters. The van der Waals surface area contributed by atoms with Crippen molar-refractivity contribution in [3.63, 3.8) is 0 Å². The zero-order valence-electron chi connectivity index (χ0n) is 13.7. The number of carbonyl (C=O) groups is 1. The van der Waals surface area contributed by atoms with Gasteiger partial charge in [-0.2, -0.15) is 0 Å². The number of halogens is 1. The summed E-state index contributed by atoms with van der Waals surface area (Å²) >= 11 is 0. The van der Waals surface area contributed by atoms with Crippen LogP contribution < -0.4 is 15.8 Å². The van der Waals surface area contributed by atoms with Crippen LogP contribution in [0.3, 0.4) is 0 Å². The van der Waals surface area contributed by atoms with Crippen molar-refractivity contribution in [2.24, 2.45) is 11.7 Å². The van der Waals surface area contributed by atoms with Crippen molar-refractivity contribution in [3.8, 4) is 0 Å². The van der Waals surface area contributed by atoms with Crippen LogP contribution in [0.1, 0.15) is 38.5 Å². The summed E-state index contributed by atoms with van der Waals surface area (Å²) in [6.45, 7) is 0.414. The molecule has 1 saturated carbocycles. The zero-order chi connectivity index (χ0) is 16.7. The molecule has 0 heterocycles. The molecule has 0 radical (unpaired) electrons. The maximum atomic E-state index is 12.0. The lowest BCUT2D eigenvalue weighted by molar-refractivity contribution is -0.116. The maximum Gasteiger partial charge on any atom is 0.240 e. The minimum atomic E-state index is -3.59. The standard InChI is InChI=1S/C16H25N3O3S.ClH/c17-10-11-18-23(21,22)15-7-3-6-14(12-15)19-16(20)9-8-13-4-1-2-5-13;/h3,6-7,12-13,18H,1-2,4-5,8-11,17H2,(H,19,20);1H. The van der Waals surface area contributed by atoms with Gasteiger partial charge in [0.25, 0.3) is 0 Å². The third-order valence-electron chi connectivity index (χ3n) is 4.12. The molecule has 136 valence electrons. The van der Waals surface area contributed by atoms with E-state index >= 15 is 0 Å². The van der Waals surface area contributed by atoms with E-state index in [4.69, 9.17) is 5.73 Å². The van der Waals surface area contributed by atoms with Crippen molar-refractivity contribution in [2.45, 2.75) is 43.4 Å². The number of carbonyl (C=O) groups excluding carboxylic acids is 1. The molecule has 1 aliphatic rings. The molecule has 0 bridgehead atoms. The maximum absolute atomic E-state index is 12.0. The molecule has 1 fully saturated rings. The third-order valence-corrected chi connectivity index (χ3v) is 5.58. The predicted molar refractivity (Wildman–Crippen MR) is 97.8 cm³/mol. The fourth-order valence-corrected chi connectivity index (χ4v) is 3.97. The van der Waals surface area contributed by atoms with Crippen LogP contribution in [-0.2, 0) is 14.8 Å². The van der Waals surface area contributed by atoms with Crippen molar-refractivity contribution in [2.75, 3.05) is 18.4 Å². The summed E-state index contributed by atoms with van der Waals surface area (Å²) in [7, 11) is -3.59. The Morgan fingerprint density at radius 3 is 2.62 bits per heavy atom. The molecule has 4 N–H and O–H groups in total. The van der Waals surface area contributed by atoms with Crippen LogP contribution in [0, 0.1) is 5.92 Å². The van der Waals surface area contributed by atoms with Gasteiger partial charge >= 0.3 is 0 Å². The smallest absolute Gasteiger partial charge is 0.240 e. The van der Waals surface area contributed by atoms with Gasteiger partial charge in [-0.25, -0.2) is 13.1 Å². The van der Waals surface area contributed by atoms with E-state index in [9.17, 15) is 13.2 Å². The number of benzene rings is 1. The molecule has 1 aliphatic carbocycles. The van der Waals surface area contributed by atoms with Crippen molar-refractivity contribution >= 4 is 34.0 Å². The number of rotatable bonds is 8.